The summed E-state index contributed by atoms with van der Waals surface area (Å²) in [5, 5.41) is 4.42. The number of hydrogen-bond acceptors (Lipinski definition) is 3. The maximum Gasteiger partial charge on any atom is 0.419 e. The minimum atomic E-state index is -4.83. The Kier molecular flexibility index (Phi) is 5.19. The molecule has 0 bridgehead atoms. The predicted molar refractivity (Wildman–Crippen MR) is 69.0 cm³/mol. The van der Waals surface area contributed by atoms with Gasteiger partial charge in [-0.2, -0.15) is 13.2 Å². The minimum absolute atomic E-state index is 0.104. The Morgan fingerprint density at radius 3 is 2.73 bits per heavy atom. The molecule has 2 amide bonds. The first-order valence-corrected chi connectivity index (χ1v) is 6.48. The molecule has 1 aromatic carbocycles. The van der Waals surface area contributed by atoms with Gasteiger partial charge in [0.05, 0.1) is 37.2 Å². The van der Waals surface area contributed by atoms with Gasteiger partial charge in [0.2, 0.25) is 0 Å². The van der Waals surface area contributed by atoms with E-state index in [0.29, 0.717) is 25.9 Å². The molecule has 1 aliphatic rings. The number of carbonyl (C=O) groups is 1. The normalized spacial score (nSPS) is 18.8. The quantitative estimate of drug-likeness (QED) is 0.840. The Bertz CT molecular complexity index is 531. The number of alkyl halides is 3. The van der Waals surface area contributed by atoms with Crippen LogP contribution in [0.5, 0.6) is 0 Å². The lowest BCUT2D eigenvalue weighted by atomic mass is 10.2. The lowest BCUT2D eigenvalue weighted by molar-refractivity contribution is -0.139. The second kappa shape index (κ2) is 6.93. The van der Waals surface area contributed by atoms with Crippen molar-refractivity contribution >= 4 is 11.7 Å². The SMILES string of the molecule is O=C(NCC1COCCO1)Nc1cccc(C(F)(F)F)c1F. The van der Waals surface area contributed by atoms with Crippen LogP contribution in [0.15, 0.2) is 18.2 Å². The van der Waals surface area contributed by atoms with Gasteiger partial charge in [-0.25, -0.2) is 9.18 Å². The van der Waals surface area contributed by atoms with E-state index in [1.165, 1.54) is 0 Å². The first-order valence-electron chi connectivity index (χ1n) is 6.48. The molecule has 1 saturated heterocycles. The Labute approximate surface area is 123 Å². The molecule has 122 valence electrons. The predicted octanol–water partition coefficient (Wildman–Crippen LogP) is 2.38. The van der Waals surface area contributed by atoms with E-state index in [0.717, 1.165) is 12.1 Å². The molecule has 0 radical (unpaired) electrons. The maximum absolute atomic E-state index is 13.7. The summed E-state index contributed by atoms with van der Waals surface area (Å²) in [5.41, 5.74) is -1.98. The van der Waals surface area contributed by atoms with Crippen LogP contribution in [0.3, 0.4) is 0 Å². The van der Waals surface area contributed by atoms with Crippen LogP contribution in [0.4, 0.5) is 28.0 Å². The van der Waals surface area contributed by atoms with Crippen molar-refractivity contribution in [3.63, 3.8) is 0 Å². The van der Waals surface area contributed by atoms with Crippen molar-refractivity contribution in [2.75, 3.05) is 31.7 Å². The summed E-state index contributed by atoms with van der Waals surface area (Å²) in [6.45, 7) is 1.28. The third-order valence-corrected chi connectivity index (χ3v) is 2.93. The van der Waals surface area contributed by atoms with Crippen molar-refractivity contribution in [1.29, 1.82) is 0 Å². The highest BCUT2D eigenvalue weighted by atomic mass is 19.4. The minimum Gasteiger partial charge on any atom is -0.376 e. The molecule has 0 saturated carbocycles. The molecule has 2 rings (SSSR count). The molecule has 5 nitrogen and oxygen atoms in total. The Morgan fingerprint density at radius 2 is 2.09 bits per heavy atom. The van der Waals surface area contributed by atoms with Crippen LogP contribution in [0.1, 0.15) is 5.56 Å². The third-order valence-electron chi connectivity index (χ3n) is 2.93. The number of ether oxygens (including phenoxy) is 2. The molecular formula is C13H14F4N2O3. The fraction of sp³-hybridized carbons (Fsp3) is 0.462. The first-order chi connectivity index (χ1) is 10.4. The molecule has 1 atom stereocenters. The largest absolute Gasteiger partial charge is 0.419 e. The molecule has 1 heterocycles. The molecule has 9 heteroatoms. The second-order valence-electron chi connectivity index (χ2n) is 4.57. The summed E-state index contributed by atoms with van der Waals surface area (Å²) in [4.78, 5) is 11.6. The van der Waals surface area contributed by atoms with Crippen LogP contribution in [0.25, 0.3) is 0 Å². The zero-order valence-electron chi connectivity index (χ0n) is 11.4. The van der Waals surface area contributed by atoms with E-state index in [1.54, 1.807) is 0 Å². The van der Waals surface area contributed by atoms with Gasteiger partial charge < -0.3 is 20.1 Å². The topological polar surface area (TPSA) is 59.6 Å². The van der Waals surface area contributed by atoms with Gasteiger partial charge in [0.1, 0.15) is 0 Å². The summed E-state index contributed by atoms with van der Waals surface area (Å²) in [7, 11) is 0. The fourth-order valence-corrected chi connectivity index (χ4v) is 1.87. The van der Waals surface area contributed by atoms with Crippen LogP contribution in [0.2, 0.25) is 0 Å². The maximum atomic E-state index is 13.7. The first kappa shape index (κ1) is 16.5. The van der Waals surface area contributed by atoms with Crippen LogP contribution < -0.4 is 10.6 Å². The number of hydrogen-bond donors (Lipinski definition) is 2. The van der Waals surface area contributed by atoms with E-state index in [9.17, 15) is 22.4 Å². The van der Waals surface area contributed by atoms with Gasteiger partial charge in [0.25, 0.3) is 0 Å². The van der Waals surface area contributed by atoms with Gasteiger partial charge in [-0.3, -0.25) is 0 Å². The van der Waals surface area contributed by atoms with Crippen LogP contribution in [0, 0.1) is 5.82 Å². The van der Waals surface area contributed by atoms with Gasteiger partial charge in [-0.1, -0.05) is 6.07 Å². The zero-order chi connectivity index (χ0) is 16.2. The van der Waals surface area contributed by atoms with E-state index in [2.05, 4.69) is 5.32 Å². The van der Waals surface area contributed by atoms with E-state index in [-0.39, 0.29) is 12.6 Å². The molecule has 0 aromatic heterocycles. The highest BCUT2D eigenvalue weighted by Gasteiger charge is 2.35. The van der Waals surface area contributed by atoms with Gasteiger partial charge in [-0.15, -0.1) is 0 Å². The number of nitrogens with one attached hydrogen (secondary N) is 2. The number of rotatable bonds is 3. The summed E-state index contributed by atoms with van der Waals surface area (Å²) in [6.07, 6.45) is -5.17. The number of anilines is 1. The molecule has 0 aliphatic carbocycles. The number of amides is 2. The Balaban J connectivity index is 1.94. The van der Waals surface area contributed by atoms with Crippen LogP contribution in [-0.2, 0) is 15.7 Å². The number of halogens is 4. The van der Waals surface area contributed by atoms with E-state index < -0.39 is 29.3 Å². The van der Waals surface area contributed by atoms with Crippen LogP contribution >= 0.6 is 0 Å². The molecule has 2 N–H and O–H groups in total. The van der Waals surface area contributed by atoms with Gasteiger partial charge >= 0.3 is 12.2 Å². The third kappa shape index (κ3) is 4.31. The fourth-order valence-electron chi connectivity index (χ4n) is 1.87. The molecule has 1 fully saturated rings. The van der Waals surface area contributed by atoms with Crippen molar-refractivity contribution in [1.82, 2.24) is 5.32 Å². The number of benzene rings is 1. The molecule has 22 heavy (non-hydrogen) atoms. The summed E-state index contributed by atoms with van der Waals surface area (Å²) < 4.78 is 61.8. The summed E-state index contributed by atoms with van der Waals surface area (Å²) >= 11 is 0. The zero-order valence-corrected chi connectivity index (χ0v) is 11.4. The number of urea groups is 1. The van der Waals surface area contributed by atoms with Crippen molar-refractivity contribution in [3.8, 4) is 0 Å². The average Bonchev–Trinajstić information content (AvgIpc) is 2.47. The summed E-state index contributed by atoms with van der Waals surface area (Å²) in [6, 6.07) is 1.84. The lowest BCUT2D eigenvalue weighted by Crippen LogP contribution is -2.41. The van der Waals surface area contributed by atoms with E-state index >= 15 is 0 Å². The number of carbonyl (C=O) groups excluding carboxylic acids is 1. The summed E-state index contributed by atoms with van der Waals surface area (Å²) in [5.74, 6) is -1.53. The Hall–Kier alpha value is -1.87. The standard InChI is InChI=1S/C13H14F4N2O3/c14-11-9(13(15,16)17)2-1-3-10(11)19-12(20)18-6-8-7-21-4-5-22-8/h1-3,8H,4-7H2,(H2,18,19,20). The smallest absolute Gasteiger partial charge is 0.376 e. The molecule has 1 aliphatic heterocycles. The second-order valence-corrected chi connectivity index (χ2v) is 4.57. The van der Waals surface area contributed by atoms with Gasteiger partial charge in [0.15, 0.2) is 5.82 Å². The van der Waals surface area contributed by atoms with E-state index in [4.69, 9.17) is 9.47 Å². The van der Waals surface area contributed by atoms with Gasteiger partial charge in [0, 0.05) is 6.54 Å². The van der Waals surface area contributed by atoms with Crippen molar-refractivity contribution in [2.24, 2.45) is 0 Å². The lowest BCUT2D eigenvalue weighted by Gasteiger charge is -2.23. The molecule has 1 aromatic rings. The van der Waals surface area contributed by atoms with Crippen molar-refractivity contribution in [2.45, 2.75) is 12.3 Å². The Morgan fingerprint density at radius 1 is 1.32 bits per heavy atom. The van der Waals surface area contributed by atoms with Crippen molar-refractivity contribution in [3.05, 3.63) is 29.6 Å². The highest BCUT2D eigenvalue weighted by molar-refractivity contribution is 5.89. The average molecular weight is 322 g/mol. The molecule has 0 spiro atoms. The monoisotopic (exact) mass is 322 g/mol. The molecular weight excluding hydrogens is 308 g/mol. The highest BCUT2D eigenvalue weighted by Crippen LogP contribution is 2.33. The van der Waals surface area contributed by atoms with Crippen LogP contribution in [-0.4, -0.2) is 38.5 Å². The molecule has 1 unspecified atom stereocenters. The van der Waals surface area contributed by atoms with Crippen molar-refractivity contribution < 1.29 is 31.8 Å². The van der Waals surface area contributed by atoms with Gasteiger partial charge in [-0.05, 0) is 12.1 Å². The van der Waals surface area contributed by atoms with E-state index in [1.807, 2.05) is 5.32 Å².